The molecule has 0 saturated heterocycles. The zero-order valence-corrected chi connectivity index (χ0v) is 18.6. The first-order chi connectivity index (χ1) is 16.3. The molecule has 1 unspecified atom stereocenters. The number of amides is 2. The van der Waals surface area contributed by atoms with Gasteiger partial charge < -0.3 is 20.5 Å². The summed E-state index contributed by atoms with van der Waals surface area (Å²) in [5, 5.41) is 13.8. The van der Waals surface area contributed by atoms with Gasteiger partial charge in [-0.25, -0.2) is 13.6 Å². The first kappa shape index (κ1) is 23.7. The van der Waals surface area contributed by atoms with Gasteiger partial charge in [-0.1, -0.05) is 55.5 Å². The number of carboxylic acids is 1. The lowest BCUT2D eigenvalue weighted by Crippen LogP contribution is -2.40. The highest BCUT2D eigenvalue weighted by Gasteiger charge is 2.72. The maximum Gasteiger partial charge on any atom is 0.407 e. The van der Waals surface area contributed by atoms with Crippen molar-refractivity contribution in [2.24, 2.45) is 17.8 Å². The second-order valence-corrected chi connectivity index (χ2v) is 8.65. The number of aliphatic carboxylic acids is 1. The van der Waals surface area contributed by atoms with Crippen molar-refractivity contribution < 1.29 is 33.0 Å². The summed E-state index contributed by atoms with van der Waals surface area (Å²) >= 11 is 0. The number of alkyl halides is 2. The number of ether oxygens (including phenoxy) is 1. The minimum Gasteiger partial charge on any atom is -0.481 e. The summed E-state index contributed by atoms with van der Waals surface area (Å²) < 4.78 is 32.4. The van der Waals surface area contributed by atoms with Crippen molar-refractivity contribution in [3.8, 4) is 11.1 Å². The number of rotatable bonds is 9. The Labute approximate surface area is 195 Å². The van der Waals surface area contributed by atoms with Gasteiger partial charge in [0.05, 0.1) is 11.8 Å². The van der Waals surface area contributed by atoms with E-state index in [1.807, 2.05) is 48.5 Å². The Bertz CT molecular complexity index is 1060. The number of hydrogen-bond acceptors (Lipinski definition) is 4. The molecule has 0 bridgehead atoms. The number of carbonyl (C=O) groups is 3. The van der Waals surface area contributed by atoms with E-state index in [0.29, 0.717) is 6.42 Å². The average molecular weight is 472 g/mol. The van der Waals surface area contributed by atoms with Crippen LogP contribution in [0.15, 0.2) is 48.5 Å². The van der Waals surface area contributed by atoms with E-state index in [9.17, 15) is 23.2 Å². The van der Waals surface area contributed by atoms with Crippen LogP contribution in [0, 0.1) is 17.8 Å². The van der Waals surface area contributed by atoms with Gasteiger partial charge >= 0.3 is 12.1 Å². The summed E-state index contributed by atoms with van der Waals surface area (Å²) in [6, 6.07) is 15.9. The molecule has 4 rings (SSSR count). The summed E-state index contributed by atoms with van der Waals surface area (Å²) in [7, 11) is 0. The number of nitrogens with one attached hydrogen (secondary N) is 2. The fraction of sp³-hybridized carbons (Fsp3) is 0.400. The van der Waals surface area contributed by atoms with Crippen LogP contribution in [0.3, 0.4) is 0 Å². The lowest BCUT2D eigenvalue weighted by molar-refractivity contribution is -0.141. The van der Waals surface area contributed by atoms with Crippen molar-refractivity contribution in [2.75, 3.05) is 19.7 Å². The third kappa shape index (κ3) is 4.47. The molecule has 2 aliphatic rings. The van der Waals surface area contributed by atoms with Crippen molar-refractivity contribution in [3.05, 3.63) is 59.7 Å². The van der Waals surface area contributed by atoms with E-state index in [0.717, 1.165) is 22.3 Å². The van der Waals surface area contributed by atoms with Crippen molar-refractivity contribution in [3.63, 3.8) is 0 Å². The third-order valence-electron chi connectivity index (χ3n) is 6.66. The van der Waals surface area contributed by atoms with Gasteiger partial charge in [0.2, 0.25) is 5.91 Å². The monoisotopic (exact) mass is 472 g/mol. The van der Waals surface area contributed by atoms with Crippen molar-refractivity contribution in [1.82, 2.24) is 10.6 Å². The first-order valence-corrected chi connectivity index (χ1v) is 11.2. The molecular formula is C25H26F2N2O5. The highest BCUT2D eigenvalue weighted by atomic mass is 19.3. The highest BCUT2D eigenvalue weighted by molar-refractivity contribution is 5.81. The zero-order valence-electron chi connectivity index (χ0n) is 18.6. The van der Waals surface area contributed by atoms with E-state index < -0.39 is 48.2 Å². The normalized spacial score (nSPS) is 20.6. The van der Waals surface area contributed by atoms with Crippen LogP contribution >= 0.6 is 0 Å². The summed E-state index contributed by atoms with van der Waals surface area (Å²) in [5.41, 5.74) is 4.39. The third-order valence-corrected chi connectivity index (χ3v) is 6.66. The Morgan fingerprint density at radius 2 is 1.62 bits per heavy atom. The van der Waals surface area contributed by atoms with Gasteiger partial charge in [0.15, 0.2) is 0 Å². The molecule has 0 radical (unpaired) electrons. The van der Waals surface area contributed by atoms with Crippen LogP contribution in [-0.2, 0) is 14.3 Å². The summed E-state index contributed by atoms with van der Waals surface area (Å²) in [6.07, 6.45) is -0.313. The highest BCUT2D eigenvalue weighted by Crippen LogP contribution is 2.54. The number of hydrogen-bond donors (Lipinski definition) is 3. The van der Waals surface area contributed by atoms with E-state index in [4.69, 9.17) is 9.84 Å². The van der Waals surface area contributed by atoms with Crippen LogP contribution in [-0.4, -0.2) is 48.7 Å². The SMILES string of the molecule is CCC(CNC(=O)OCC1c2ccccc2-c2ccccc21)C(=O)NC[C@@H]1[C@H](C(=O)O)C1(F)F. The largest absolute Gasteiger partial charge is 0.481 e. The maximum atomic E-state index is 13.5. The average Bonchev–Trinajstić information content (AvgIpc) is 3.23. The van der Waals surface area contributed by atoms with Crippen molar-refractivity contribution >= 4 is 18.0 Å². The van der Waals surface area contributed by atoms with E-state index >= 15 is 0 Å². The van der Waals surface area contributed by atoms with Crippen LogP contribution in [0.25, 0.3) is 11.1 Å². The predicted molar refractivity (Wildman–Crippen MR) is 119 cm³/mol. The first-order valence-electron chi connectivity index (χ1n) is 11.2. The van der Waals surface area contributed by atoms with Crippen LogP contribution in [0.1, 0.15) is 30.4 Å². The van der Waals surface area contributed by atoms with E-state index in [1.165, 1.54) is 0 Å². The van der Waals surface area contributed by atoms with E-state index in [1.54, 1.807) is 6.92 Å². The minimum absolute atomic E-state index is 0.0254. The molecule has 2 aromatic rings. The minimum atomic E-state index is -3.32. The Hall–Kier alpha value is -3.49. The quantitative estimate of drug-likeness (QED) is 0.517. The molecule has 3 atom stereocenters. The molecule has 2 aromatic carbocycles. The topological polar surface area (TPSA) is 105 Å². The molecule has 0 aliphatic heterocycles. The van der Waals surface area contributed by atoms with E-state index in [-0.39, 0.29) is 19.1 Å². The molecule has 1 fully saturated rings. The molecule has 3 N–H and O–H groups in total. The van der Waals surface area contributed by atoms with Gasteiger partial charge in [0.1, 0.15) is 12.5 Å². The van der Waals surface area contributed by atoms with Gasteiger partial charge in [-0.15, -0.1) is 0 Å². The maximum absolute atomic E-state index is 13.5. The van der Waals surface area contributed by atoms with Crippen LogP contribution < -0.4 is 10.6 Å². The van der Waals surface area contributed by atoms with Crippen LogP contribution in [0.4, 0.5) is 13.6 Å². The number of carboxylic acid groups (broad SMARTS) is 1. The molecule has 2 amide bonds. The Kier molecular flexibility index (Phi) is 6.54. The van der Waals surface area contributed by atoms with Crippen molar-refractivity contribution in [1.29, 1.82) is 0 Å². The summed E-state index contributed by atoms with van der Waals surface area (Å²) in [4.78, 5) is 35.5. The smallest absolute Gasteiger partial charge is 0.407 e. The summed E-state index contributed by atoms with van der Waals surface area (Å²) in [6.45, 7) is 1.41. The predicted octanol–water partition coefficient (Wildman–Crippen LogP) is 3.63. The lowest BCUT2D eigenvalue weighted by Gasteiger charge is -2.17. The standard InChI is InChI=1S/C25H26F2N2O5/c1-2-14(22(30)28-12-20-21(23(31)32)25(20,26)27)11-29-24(33)34-13-19-17-9-5-3-7-15(17)16-8-4-6-10-18(16)19/h3-10,14,19-21H,2,11-13H2,1H3,(H,28,30)(H,29,33)(H,31,32)/t14?,20-,21-/m1/s1. The van der Waals surface area contributed by atoms with Crippen LogP contribution in [0.5, 0.6) is 0 Å². The fourth-order valence-corrected chi connectivity index (χ4v) is 4.61. The molecule has 0 heterocycles. The Morgan fingerprint density at radius 1 is 1.03 bits per heavy atom. The van der Waals surface area contributed by atoms with Gasteiger partial charge in [-0.2, -0.15) is 0 Å². The van der Waals surface area contributed by atoms with Gasteiger partial charge in [-0.05, 0) is 28.7 Å². The number of fused-ring (bicyclic) bond motifs is 3. The summed E-state index contributed by atoms with van der Waals surface area (Å²) in [5.74, 6) is -9.35. The van der Waals surface area contributed by atoms with Crippen LogP contribution in [0.2, 0.25) is 0 Å². The molecule has 2 aliphatic carbocycles. The van der Waals surface area contributed by atoms with E-state index in [2.05, 4.69) is 10.6 Å². The van der Waals surface area contributed by atoms with Gasteiger partial charge in [0, 0.05) is 19.0 Å². The fourth-order valence-electron chi connectivity index (χ4n) is 4.61. The van der Waals surface area contributed by atoms with Gasteiger partial charge in [0.25, 0.3) is 5.92 Å². The molecule has 0 aromatic heterocycles. The lowest BCUT2D eigenvalue weighted by atomic mass is 9.98. The molecule has 0 spiro atoms. The number of alkyl carbamates (subject to hydrolysis) is 1. The Morgan fingerprint density at radius 3 is 2.15 bits per heavy atom. The molecule has 34 heavy (non-hydrogen) atoms. The number of carbonyl (C=O) groups excluding carboxylic acids is 2. The molecule has 1 saturated carbocycles. The van der Waals surface area contributed by atoms with Gasteiger partial charge in [-0.3, -0.25) is 9.59 Å². The van der Waals surface area contributed by atoms with Crippen molar-refractivity contribution in [2.45, 2.75) is 25.2 Å². The molecule has 7 nitrogen and oxygen atoms in total. The number of halogens is 2. The second kappa shape index (κ2) is 9.40. The molecule has 180 valence electrons. The zero-order chi connectivity index (χ0) is 24.5. The Balaban J connectivity index is 1.27. The molecule has 9 heteroatoms. The molecular weight excluding hydrogens is 446 g/mol. The number of benzene rings is 2. The second-order valence-electron chi connectivity index (χ2n) is 8.65.